The molecule has 0 saturated carbocycles. The SMILES string of the molecule is O=P(O)(O)OP(=O)(O)OP(=O)(O)OP(=O)(O)O.[NaH].[NaH].[NaH]. The summed E-state index contributed by atoms with van der Waals surface area (Å²) in [5.41, 5.74) is 0. The van der Waals surface area contributed by atoms with Crippen molar-refractivity contribution in [3.05, 3.63) is 0 Å². The molecule has 0 radical (unpaired) electrons. The molecular weight excluding hydrogens is 401 g/mol. The van der Waals surface area contributed by atoms with Crippen LogP contribution < -0.4 is 0 Å². The normalized spacial score (nSPS) is 17.5. The minimum atomic E-state index is -5.77. The molecule has 0 heterocycles. The molecule has 20 heavy (non-hydrogen) atoms. The zero-order valence-corrected chi connectivity index (χ0v) is 10.9. The summed E-state index contributed by atoms with van der Waals surface area (Å²) in [5, 5.41) is 0. The molecule has 20 heteroatoms. The Morgan fingerprint density at radius 1 is 0.500 bits per heavy atom. The zero-order valence-electron chi connectivity index (χ0n) is 7.33. The first-order chi connectivity index (χ1) is 7.12. The Kier molecular flexibility index (Phi) is 17.6. The topological polar surface area (TPSA) is 217 Å². The predicted molar refractivity (Wildman–Crippen MR) is 68.4 cm³/mol. The van der Waals surface area contributed by atoms with Gasteiger partial charge in [0, 0.05) is 0 Å². The Balaban J connectivity index is -0.000000427. The van der Waals surface area contributed by atoms with Crippen LogP contribution in [0.2, 0.25) is 0 Å². The summed E-state index contributed by atoms with van der Waals surface area (Å²) < 4.78 is 50.9. The van der Waals surface area contributed by atoms with Crippen LogP contribution in [0.15, 0.2) is 0 Å². The fourth-order valence-electron chi connectivity index (χ4n) is 0.429. The van der Waals surface area contributed by atoms with Crippen LogP contribution in [0.25, 0.3) is 0 Å². The van der Waals surface area contributed by atoms with Crippen LogP contribution >= 0.6 is 31.3 Å². The second kappa shape index (κ2) is 11.2. The van der Waals surface area contributed by atoms with E-state index in [4.69, 9.17) is 29.4 Å². The van der Waals surface area contributed by atoms with E-state index in [0.717, 1.165) is 0 Å². The molecule has 0 fully saturated rings. The quantitative estimate of drug-likeness (QED) is 0.197. The average Bonchev–Trinajstić information content (AvgIpc) is 1.65. The molecule has 2 atom stereocenters. The molecule has 0 aromatic heterocycles. The van der Waals surface area contributed by atoms with Crippen molar-refractivity contribution in [1.82, 2.24) is 0 Å². The van der Waals surface area contributed by atoms with Crippen molar-refractivity contribution < 1.29 is 60.6 Å². The van der Waals surface area contributed by atoms with E-state index in [9.17, 15) is 18.3 Å². The van der Waals surface area contributed by atoms with Gasteiger partial charge >= 0.3 is 120 Å². The van der Waals surface area contributed by atoms with Crippen LogP contribution in [0.5, 0.6) is 0 Å². The van der Waals surface area contributed by atoms with E-state index >= 15 is 0 Å². The second-order valence-corrected chi connectivity index (χ2v) is 7.96. The number of phosphoric acid groups is 4. The molecule has 0 saturated heterocycles. The first-order valence-electron chi connectivity index (χ1n) is 3.03. The molecule has 6 N–H and O–H groups in total. The third kappa shape index (κ3) is 19.6. The van der Waals surface area contributed by atoms with E-state index < -0.39 is 31.3 Å². The predicted octanol–water partition coefficient (Wildman–Crippen LogP) is -2.52. The van der Waals surface area contributed by atoms with Gasteiger partial charge in [-0.3, -0.25) is 0 Å². The summed E-state index contributed by atoms with van der Waals surface area (Å²) in [6, 6.07) is 0. The first kappa shape index (κ1) is 31.3. The molecule has 0 amide bonds. The molecule has 0 aromatic carbocycles. The summed E-state index contributed by atoms with van der Waals surface area (Å²) in [5.74, 6) is 0. The molecule has 0 aromatic rings. The maximum atomic E-state index is 10.7. The molecule has 0 bridgehead atoms. The van der Waals surface area contributed by atoms with Crippen LogP contribution in [0.4, 0.5) is 0 Å². The van der Waals surface area contributed by atoms with Crippen LogP contribution in [-0.2, 0) is 31.2 Å². The van der Waals surface area contributed by atoms with Gasteiger partial charge in [0.15, 0.2) is 0 Å². The van der Waals surface area contributed by atoms with Gasteiger partial charge in [-0.2, -0.15) is 12.9 Å². The number of rotatable bonds is 6. The average molecular weight is 410 g/mol. The van der Waals surface area contributed by atoms with E-state index in [2.05, 4.69) is 12.9 Å². The second-order valence-electron chi connectivity index (χ2n) is 2.16. The summed E-state index contributed by atoms with van der Waals surface area (Å²) in [7, 11) is -22.6. The zero-order chi connectivity index (χ0) is 14.1. The Morgan fingerprint density at radius 2 is 0.700 bits per heavy atom. The van der Waals surface area contributed by atoms with Crippen molar-refractivity contribution in [3.8, 4) is 0 Å². The molecule has 0 aliphatic heterocycles. The van der Waals surface area contributed by atoms with Crippen molar-refractivity contribution >= 4 is 120 Å². The molecule has 0 aliphatic rings. The Bertz CT molecular complexity index is 414. The molecule has 13 nitrogen and oxygen atoms in total. The van der Waals surface area contributed by atoms with Gasteiger partial charge in [0.2, 0.25) is 0 Å². The molecule has 0 spiro atoms. The Morgan fingerprint density at radius 3 is 0.850 bits per heavy atom. The van der Waals surface area contributed by atoms with Gasteiger partial charge in [-0.05, 0) is 0 Å². The fourth-order valence-corrected chi connectivity index (χ4v) is 4.40. The van der Waals surface area contributed by atoms with Crippen molar-refractivity contribution in [3.63, 3.8) is 0 Å². The number of hydrogen-bond donors (Lipinski definition) is 6. The van der Waals surface area contributed by atoms with Crippen molar-refractivity contribution in [1.29, 1.82) is 0 Å². The van der Waals surface area contributed by atoms with Gasteiger partial charge in [-0.25, -0.2) is 18.3 Å². The van der Waals surface area contributed by atoms with E-state index in [1.165, 1.54) is 0 Å². The van der Waals surface area contributed by atoms with Gasteiger partial charge in [-0.1, -0.05) is 0 Å². The van der Waals surface area contributed by atoms with Gasteiger partial charge in [0.05, 0.1) is 0 Å². The van der Waals surface area contributed by atoms with Crippen LogP contribution in [0.3, 0.4) is 0 Å². The maximum absolute atomic E-state index is 10.7. The Labute approximate surface area is 178 Å². The number of hydrogen-bond acceptors (Lipinski definition) is 7. The van der Waals surface area contributed by atoms with Crippen LogP contribution in [-0.4, -0.2) is 118 Å². The summed E-state index contributed by atoms with van der Waals surface area (Å²) >= 11 is 0. The molecular formula is H9Na3O13P4. The monoisotopic (exact) mass is 410 g/mol. The van der Waals surface area contributed by atoms with E-state index in [-0.39, 0.29) is 88.7 Å². The van der Waals surface area contributed by atoms with Crippen LogP contribution in [0, 0.1) is 0 Å². The Hall–Kier alpha value is 3.56. The third-order valence-electron chi connectivity index (χ3n) is 0.625. The fraction of sp³-hybridized carbons (Fsp3) is 0. The van der Waals surface area contributed by atoms with E-state index in [1.807, 2.05) is 0 Å². The van der Waals surface area contributed by atoms with Gasteiger partial charge in [-0.15, -0.1) is 0 Å². The molecule has 110 valence electrons. The molecule has 0 aliphatic carbocycles. The van der Waals surface area contributed by atoms with Crippen LogP contribution in [0.1, 0.15) is 0 Å². The van der Waals surface area contributed by atoms with Crippen molar-refractivity contribution in [2.75, 3.05) is 0 Å². The van der Waals surface area contributed by atoms with Gasteiger partial charge in [0.25, 0.3) is 0 Å². The standard InChI is InChI=1S/3Na.H6O13P4.3H/c;;;1-14(2,3)11-16(7,8)13-17(9,10)12-15(4,5)6;;;/h;;;(H,7,8)(H,9,10)(H2,1,2,3)(H2,4,5,6);;;. The first-order valence-corrected chi connectivity index (χ1v) is 9.08. The van der Waals surface area contributed by atoms with E-state index in [0.29, 0.717) is 0 Å². The molecule has 2 unspecified atom stereocenters. The van der Waals surface area contributed by atoms with Crippen molar-refractivity contribution in [2.45, 2.75) is 0 Å². The molecule has 0 rings (SSSR count). The minimum absolute atomic E-state index is 0. The summed E-state index contributed by atoms with van der Waals surface area (Å²) in [4.78, 5) is 49.4. The van der Waals surface area contributed by atoms with E-state index in [1.54, 1.807) is 0 Å². The van der Waals surface area contributed by atoms with Crippen molar-refractivity contribution in [2.24, 2.45) is 0 Å². The summed E-state index contributed by atoms with van der Waals surface area (Å²) in [6.45, 7) is 0. The third-order valence-corrected chi connectivity index (χ3v) is 5.63. The van der Waals surface area contributed by atoms with Gasteiger partial charge in [0.1, 0.15) is 0 Å². The summed E-state index contributed by atoms with van der Waals surface area (Å²) in [6.07, 6.45) is 0. The van der Waals surface area contributed by atoms with Gasteiger partial charge < -0.3 is 29.4 Å².